The normalized spacial score (nSPS) is 19.9. The molecule has 0 bridgehead atoms. The number of ether oxygens (including phenoxy) is 1. The number of hydrogen-bond donors (Lipinski definition) is 1. The maximum absolute atomic E-state index is 5.37. The minimum atomic E-state index is 0. The lowest BCUT2D eigenvalue weighted by Crippen LogP contribution is -2.53. The topological polar surface area (TPSA) is 46.6 Å². The van der Waals surface area contributed by atoms with Crippen molar-refractivity contribution in [2.75, 3.05) is 84.5 Å². The van der Waals surface area contributed by atoms with Crippen LogP contribution in [0.25, 0.3) is 0 Å². The number of guanidine groups is 1. The van der Waals surface area contributed by atoms with Gasteiger partial charge in [-0.2, -0.15) is 0 Å². The average molecular weight is 530 g/mol. The molecule has 0 aromatic heterocycles. The van der Waals surface area contributed by atoms with Crippen LogP contribution in [0.15, 0.2) is 29.3 Å². The molecule has 0 radical (unpaired) electrons. The van der Waals surface area contributed by atoms with Gasteiger partial charge >= 0.3 is 0 Å². The molecule has 0 amide bonds. The zero-order chi connectivity index (χ0) is 20.6. The fourth-order valence-electron chi connectivity index (χ4n) is 4.01. The lowest BCUT2D eigenvalue weighted by atomic mass is 10.2. The van der Waals surface area contributed by atoms with Crippen LogP contribution >= 0.6 is 24.0 Å². The monoisotopic (exact) mass is 530 g/mol. The smallest absolute Gasteiger partial charge is 0.194 e. The second kappa shape index (κ2) is 12.6. The molecule has 1 aromatic carbocycles. The van der Waals surface area contributed by atoms with Gasteiger partial charge in [-0.1, -0.05) is 6.07 Å². The molecule has 1 N–H and O–H groups in total. The van der Waals surface area contributed by atoms with Gasteiger partial charge in [-0.3, -0.25) is 9.89 Å². The summed E-state index contributed by atoms with van der Waals surface area (Å²) in [5.41, 5.74) is 1.23. The van der Waals surface area contributed by atoms with Gasteiger partial charge < -0.3 is 24.8 Å². The molecular weight excluding hydrogens is 491 g/mol. The second-order valence-electron chi connectivity index (χ2n) is 8.06. The number of methoxy groups -OCH3 is 1. The van der Waals surface area contributed by atoms with E-state index in [1.54, 1.807) is 7.11 Å². The maximum Gasteiger partial charge on any atom is 0.194 e. The Labute approximate surface area is 199 Å². The first-order chi connectivity index (χ1) is 14.1. The first kappa shape index (κ1) is 25.0. The zero-order valence-electron chi connectivity index (χ0n) is 19.0. The number of aliphatic imine (C=N–C) groups is 1. The van der Waals surface area contributed by atoms with Crippen molar-refractivity contribution >= 4 is 35.6 Å². The summed E-state index contributed by atoms with van der Waals surface area (Å²) < 4.78 is 5.37. The molecule has 2 heterocycles. The van der Waals surface area contributed by atoms with Gasteiger partial charge in [-0.25, -0.2) is 0 Å². The van der Waals surface area contributed by atoms with Gasteiger partial charge in [0.2, 0.25) is 0 Å². The van der Waals surface area contributed by atoms with E-state index >= 15 is 0 Å². The predicted molar refractivity (Wildman–Crippen MR) is 137 cm³/mol. The number of hydrogen-bond acceptors (Lipinski definition) is 5. The summed E-state index contributed by atoms with van der Waals surface area (Å²) in [7, 11) is 3.92. The van der Waals surface area contributed by atoms with Crippen LogP contribution in [-0.4, -0.2) is 106 Å². The van der Waals surface area contributed by atoms with E-state index in [0.29, 0.717) is 6.04 Å². The molecule has 170 valence electrons. The van der Waals surface area contributed by atoms with Crippen LogP contribution in [0.4, 0.5) is 5.69 Å². The molecule has 0 aliphatic carbocycles. The minimum Gasteiger partial charge on any atom is -0.497 e. The fraction of sp³-hybridized carbons (Fsp3) is 0.682. The Hall–Kier alpha value is -1.26. The predicted octanol–water partition coefficient (Wildman–Crippen LogP) is 2.04. The zero-order valence-corrected chi connectivity index (χ0v) is 21.3. The minimum absolute atomic E-state index is 0. The number of benzene rings is 1. The molecular formula is C22H39IN6O. The van der Waals surface area contributed by atoms with Gasteiger partial charge in [-0.05, 0) is 33.0 Å². The third-order valence-electron chi connectivity index (χ3n) is 6.00. The Morgan fingerprint density at radius 3 is 2.43 bits per heavy atom. The van der Waals surface area contributed by atoms with Crippen LogP contribution in [0, 0.1) is 0 Å². The maximum atomic E-state index is 5.37. The van der Waals surface area contributed by atoms with Gasteiger partial charge in [-0.15, -0.1) is 24.0 Å². The highest BCUT2D eigenvalue weighted by Crippen LogP contribution is 2.22. The molecule has 8 heteroatoms. The number of nitrogens with one attached hydrogen (secondary N) is 1. The van der Waals surface area contributed by atoms with E-state index in [4.69, 9.17) is 9.73 Å². The molecule has 30 heavy (non-hydrogen) atoms. The van der Waals surface area contributed by atoms with Crippen molar-refractivity contribution in [3.05, 3.63) is 24.3 Å². The van der Waals surface area contributed by atoms with E-state index < -0.39 is 0 Å². The molecule has 1 atom stereocenters. The van der Waals surface area contributed by atoms with Gasteiger partial charge in [0.25, 0.3) is 0 Å². The van der Waals surface area contributed by atoms with E-state index in [2.05, 4.69) is 64.0 Å². The average Bonchev–Trinajstić information content (AvgIpc) is 2.77. The second-order valence-corrected chi connectivity index (χ2v) is 8.06. The fourth-order valence-corrected chi connectivity index (χ4v) is 4.01. The molecule has 0 spiro atoms. The van der Waals surface area contributed by atoms with Gasteiger partial charge in [0.15, 0.2) is 5.96 Å². The Morgan fingerprint density at radius 2 is 1.80 bits per heavy atom. The number of anilines is 1. The molecule has 3 rings (SSSR count). The number of nitrogens with zero attached hydrogens (tertiary/aromatic N) is 5. The van der Waals surface area contributed by atoms with E-state index in [1.807, 2.05) is 6.07 Å². The lowest BCUT2D eigenvalue weighted by molar-refractivity contribution is 0.122. The summed E-state index contributed by atoms with van der Waals surface area (Å²) in [6.45, 7) is 14.7. The van der Waals surface area contributed by atoms with E-state index in [0.717, 1.165) is 77.2 Å². The highest BCUT2D eigenvalue weighted by molar-refractivity contribution is 14.0. The quantitative estimate of drug-likeness (QED) is 0.345. The van der Waals surface area contributed by atoms with Crippen LogP contribution in [-0.2, 0) is 0 Å². The summed E-state index contributed by atoms with van der Waals surface area (Å²) in [5, 5.41) is 3.50. The molecule has 1 aromatic rings. The highest BCUT2D eigenvalue weighted by Gasteiger charge is 2.22. The number of halogens is 1. The van der Waals surface area contributed by atoms with Crippen LogP contribution in [0.2, 0.25) is 0 Å². The van der Waals surface area contributed by atoms with Gasteiger partial charge in [0.05, 0.1) is 13.7 Å². The Bertz CT molecular complexity index is 657. The lowest BCUT2D eigenvalue weighted by Gasteiger charge is -2.38. The molecule has 2 saturated heterocycles. The first-order valence-corrected chi connectivity index (χ1v) is 11.0. The Balaban J connectivity index is 0.00000320. The number of likely N-dealkylation sites (N-methyl/N-ethyl adjacent to an activating group) is 1. The summed E-state index contributed by atoms with van der Waals surface area (Å²) in [4.78, 5) is 14.8. The molecule has 2 fully saturated rings. The summed E-state index contributed by atoms with van der Waals surface area (Å²) in [6.07, 6.45) is 0. The first-order valence-electron chi connectivity index (χ1n) is 11.0. The largest absolute Gasteiger partial charge is 0.497 e. The van der Waals surface area contributed by atoms with Gasteiger partial charge in [0.1, 0.15) is 5.75 Å². The molecule has 0 saturated carbocycles. The van der Waals surface area contributed by atoms with Crippen molar-refractivity contribution < 1.29 is 4.74 Å². The van der Waals surface area contributed by atoms with Crippen molar-refractivity contribution in [1.29, 1.82) is 0 Å². The van der Waals surface area contributed by atoms with Crippen LogP contribution in [0.3, 0.4) is 0 Å². The molecule has 1 unspecified atom stereocenters. The number of rotatable bonds is 6. The van der Waals surface area contributed by atoms with Gasteiger partial charge in [0, 0.05) is 76.7 Å². The summed E-state index contributed by atoms with van der Waals surface area (Å²) in [5.74, 6) is 1.97. The SMILES string of the molecule is CCNC(=NCC(C)N1CCN(C)CC1)N1CCN(c2cccc(OC)c2)CC1.I. The van der Waals surface area contributed by atoms with E-state index in [1.165, 1.54) is 5.69 Å². The summed E-state index contributed by atoms with van der Waals surface area (Å²) >= 11 is 0. The van der Waals surface area contributed by atoms with Crippen molar-refractivity contribution in [3.8, 4) is 5.75 Å². The highest BCUT2D eigenvalue weighted by atomic mass is 127. The van der Waals surface area contributed by atoms with E-state index in [-0.39, 0.29) is 24.0 Å². The van der Waals surface area contributed by atoms with Crippen LogP contribution in [0.1, 0.15) is 13.8 Å². The molecule has 7 nitrogen and oxygen atoms in total. The third-order valence-corrected chi connectivity index (χ3v) is 6.00. The Morgan fingerprint density at radius 1 is 1.10 bits per heavy atom. The van der Waals surface area contributed by atoms with Crippen molar-refractivity contribution in [2.24, 2.45) is 4.99 Å². The Kier molecular flexibility index (Phi) is 10.5. The van der Waals surface area contributed by atoms with Crippen LogP contribution < -0.4 is 15.0 Å². The standard InChI is InChI=1S/C22H38N6O.HI/c1-5-23-22(24-18-19(2)26-11-9-25(3)10-12-26)28-15-13-27(14-16-28)20-7-6-8-21(17-20)29-4;/h6-8,17,19H,5,9-16,18H2,1-4H3,(H,23,24);1H. The molecule has 2 aliphatic heterocycles. The summed E-state index contributed by atoms with van der Waals surface area (Å²) in [6, 6.07) is 8.82. The van der Waals surface area contributed by atoms with Crippen LogP contribution in [0.5, 0.6) is 5.75 Å². The van der Waals surface area contributed by atoms with Crippen molar-refractivity contribution in [3.63, 3.8) is 0 Å². The number of piperazine rings is 2. The van der Waals surface area contributed by atoms with Crippen molar-refractivity contribution in [1.82, 2.24) is 20.0 Å². The third kappa shape index (κ3) is 6.88. The van der Waals surface area contributed by atoms with E-state index in [9.17, 15) is 0 Å². The molecule has 2 aliphatic rings. The van der Waals surface area contributed by atoms with Crippen molar-refractivity contribution in [2.45, 2.75) is 19.9 Å².